The summed E-state index contributed by atoms with van der Waals surface area (Å²) < 4.78 is 48.3. The lowest BCUT2D eigenvalue weighted by Crippen LogP contribution is -2.45. The Morgan fingerprint density at radius 1 is 0.921 bits per heavy atom. The van der Waals surface area contributed by atoms with Gasteiger partial charge in [-0.25, -0.2) is 14.4 Å². The Balaban J connectivity index is 1.45. The van der Waals surface area contributed by atoms with Gasteiger partial charge in [-0.2, -0.15) is 0 Å². The predicted octanol–water partition coefficient (Wildman–Crippen LogP) is 9.45. The number of ether oxygens (including phenoxy) is 8. The maximum atomic E-state index is 14.1. The van der Waals surface area contributed by atoms with Gasteiger partial charge in [0.2, 0.25) is 5.79 Å². The molecule has 0 aliphatic carbocycles. The molecule has 2 saturated heterocycles. The van der Waals surface area contributed by atoms with Crippen molar-refractivity contribution in [3.63, 3.8) is 0 Å². The van der Waals surface area contributed by atoms with Crippen LogP contribution < -0.4 is 14.4 Å². The number of amides is 2. The molecule has 0 bridgehead atoms. The van der Waals surface area contributed by atoms with E-state index in [0.29, 0.717) is 56.8 Å². The first-order valence-electron chi connectivity index (χ1n) is 22.0. The molecule has 348 valence electrons. The van der Waals surface area contributed by atoms with Gasteiger partial charge in [0.25, 0.3) is 0 Å². The van der Waals surface area contributed by atoms with E-state index in [1.807, 2.05) is 111 Å². The van der Waals surface area contributed by atoms with E-state index in [0.717, 1.165) is 11.3 Å². The number of methoxy groups -OCH3 is 1. The monoisotopic (exact) mass is 878 g/mol. The van der Waals surface area contributed by atoms with E-state index in [1.165, 1.54) is 0 Å². The van der Waals surface area contributed by atoms with Gasteiger partial charge in [-0.05, 0) is 123 Å². The smallest absolute Gasteiger partial charge is 0.414 e. The highest BCUT2D eigenvalue weighted by molar-refractivity contribution is 6.00. The van der Waals surface area contributed by atoms with Crippen molar-refractivity contribution in [3.05, 3.63) is 71.3 Å². The number of likely N-dealkylation sites (tertiary alicyclic amines) is 1. The predicted molar refractivity (Wildman–Crippen MR) is 240 cm³/mol. The summed E-state index contributed by atoms with van der Waals surface area (Å²) in [5, 5.41) is 10.3. The van der Waals surface area contributed by atoms with Gasteiger partial charge in [0.05, 0.1) is 31.6 Å². The van der Waals surface area contributed by atoms with E-state index in [2.05, 4.69) is 0 Å². The fourth-order valence-corrected chi connectivity index (χ4v) is 7.53. The maximum absolute atomic E-state index is 14.1. The molecule has 2 amide bonds. The number of hydrogen-bond donors (Lipinski definition) is 1. The lowest BCUT2D eigenvalue weighted by atomic mass is 9.95. The first-order chi connectivity index (χ1) is 29.3. The van der Waals surface area contributed by atoms with Crippen molar-refractivity contribution >= 4 is 29.9 Å². The molecular weight excluding hydrogens is 809 g/mol. The van der Waals surface area contributed by atoms with Crippen molar-refractivity contribution in [2.24, 2.45) is 11.8 Å². The average Bonchev–Trinajstić information content (AvgIpc) is 3.48. The van der Waals surface area contributed by atoms with Gasteiger partial charge in [-0.15, -0.1) is 0 Å². The summed E-state index contributed by atoms with van der Waals surface area (Å²) >= 11 is 0. The number of benzene rings is 2. The van der Waals surface area contributed by atoms with Crippen LogP contribution in [0.4, 0.5) is 15.3 Å². The number of piperidine rings is 1. The van der Waals surface area contributed by atoms with Crippen LogP contribution in [0.3, 0.4) is 0 Å². The molecule has 5 atom stereocenters. The van der Waals surface area contributed by atoms with Crippen molar-refractivity contribution in [3.8, 4) is 11.5 Å². The summed E-state index contributed by atoms with van der Waals surface area (Å²) in [5.41, 5.74) is 0.726. The molecule has 0 spiro atoms. The van der Waals surface area contributed by atoms with Crippen LogP contribution in [-0.2, 0) is 35.0 Å². The van der Waals surface area contributed by atoms with Crippen molar-refractivity contribution in [2.75, 3.05) is 31.6 Å². The van der Waals surface area contributed by atoms with Crippen LogP contribution in [0, 0.1) is 11.8 Å². The number of esters is 1. The normalized spacial score (nSPS) is 21.6. The van der Waals surface area contributed by atoms with Gasteiger partial charge < -0.3 is 47.9 Å². The van der Waals surface area contributed by atoms with Crippen molar-refractivity contribution < 1.29 is 57.4 Å². The van der Waals surface area contributed by atoms with Gasteiger partial charge >= 0.3 is 18.2 Å². The van der Waals surface area contributed by atoms with Crippen LogP contribution in [0.1, 0.15) is 124 Å². The van der Waals surface area contributed by atoms with Crippen molar-refractivity contribution in [2.45, 2.75) is 156 Å². The van der Waals surface area contributed by atoms with Gasteiger partial charge in [0, 0.05) is 39.5 Å². The molecule has 3 aliphatic rings. The van der Waals surface area contributed by atoms with Crippen LogP contribution in [0.25, 0.3) is 6.08 Å². The van der Waals surface area contributed by atoms with Gasteiger partial charge in [0.15, 0.2) is 5.79 Å². The van der Waals surface area contributed by atoms with Crippen molar-refractivity contribution in [1.29, 1.82) is 0 Å². The summed E-state index contributed by atoms with van der Waals surface area (Å²) in [6.45, 7) is 23.2. The highest BCUT2D eigenvalue weighted by atomic mass is 16.8. The van der Waals surface area contributed by atoms with E-state index in [-0.39, 0.29) is 29.2 Å². The Morgan fingerprint density at radius 2 is 1.57 bits per heavy atom. The summed E-state index contributed by atoms with van der Waals surface area (Å²) in [7, 11) is 1.62. The molecule has 3 heterocycles. The third-order valence-electron chi connectivity index (χ3n) is 10.8. The number of fused-ring (bicyclic) bond motifs is 1. The molecule has 0 aromatic heterocycles. The second-order valence-corrected chi connectivity index (χ2v) is 19.7. The van der Waals surface area contributed by atoms with Crippen LogP contribution in [0.2, 0.25) is 0 Å². The fraction of sp³-hybridized carbons (Fsp3) is 0.612. The molecule has 0 radical (unpaired) electrons. The van der Waals surface area contributed by atoms with Crippen LogP contribution in [0.5, 0.6) is 11.5 Å². The Labute approximate surface area is 373 Å². The molecule has 0 unspecified atom stereocenters. The molecule has 63 heavy (non-hydrogen) atoms. The highest BCUT2D eigenvalue weighted by Crippen LogP contribution is 2.40. The van der Waals surface area contributed by atoms with Gasteiger partial charge in [-0.1, -0.05) is 43.4 Å². The number of aliphatic hydroxyl groups excluding tert-OH is 1. The number of nitrogens with zero attached hydrogens (tertiary/aromatic N) is 2. The number of carbonyl (C=O) groups is 3. The molecule has 0 saturated carbocycles. The largest absolute Gasteiger partial charge is 0.497 e. The summed E-state index contributed by atoms with van der Waals surface area (Å²) in [6.07, 6.45) is 6.18. The Hall–Kier alpha value is -4.63. The molecule has 3 aliphatic heterocycles. The van der Waals surface area contributed by atoms with Crippen LogP contribution >= 0.6 is 0 Å². The third kappa shape index (κ3) is 14.2. The molecule has 2 fully saturated rings. The van der Waals surface area contributed by atoms with E-state index >= 15 is 0 Å². The summed E-state index contributed by atoms with van der Waals surface area (Å²) in [4.78, 5) is 43.9. The van der Waals surface area contributed by atoms with E-state index in [1.54, 1.807) is 49.8 Å². The van der Waals surface area contributed by atoms with E-state index < -0.39 is 59.3 Å². The average molecular weight is 879 g/mol. The number of anilines is 1. The minimum Gasteiger partial charge on any atom is -0.497 e. The summed E-state index contributed by atoms with van der Waals surface area (Å²) in [6, 6.07) is 11.1. The van der Waals surface area contributed by atoms with Gasteiger partial charge in [0.1, 0.15) is 40.5 Å². The molecule has 14 nitrogen and oxygen atoms in total. The molecule has 5 rings (SSSR count). The maximum Gasteiger partial charge on any atom is 0.414 e. The number of aliphatic hydroxyl groups is 1. The van der Waals surface area contributed by atoms with Crippen LogP contribution in [-0.4, -0.2) is 102 Å². The van der Waals surface area contributed by atoms with E-state index in [4.69, 9.17) is 37.9 Å². The van der Waals surface area contributed by atoms with Crippen molar-refractivity contribution in [1.82, 2.24) is 4.90 Å². The third-order valence-corrected chi connectivity index (χ3v) is 10.8. The number of cyclic esters (lactones) is 1. The second-order valence-electron chi connectivity index (χ2n) is 19.7. The SMILES string of the molecule is COc1ccc(CO[C@H](C=C[C@@H](C)[C@H](C)O)[C@H]2OC(C)(C)O[C@H]2CC=Cc2cc(N(CC3CCN(C(=O)OC(C)(C)C)CC3)C(=O)OC(C)(C)C)cc3c2C(=O)OC(C)(C)O3)cc1. The number of carbonyl (C=O) groups excluding carboxylic acids is 3. The Bertz CT molecular complexity index is 1950. The Kier molecular flexibility index (Phi) is 15.7. The summed E-state index contributed by atoms with van der Waals surface area (Å²) in [5.74, 6) is -1.85. The topological polar surface area (TPSA) is 152 Å². The molecule has 2 aromatic rings. The molecule has 14 heteroatoms. The molecular formula is C49H70N2O12. The number of rotatable bonds is 14. The Morgan fingerprint density at radius 3 is 2.17 bits per heavy atom. The first-order valence-corrected chi connectivity index (χ1v) is 22.0. The minimum atomic E-state index is -1.26. The van der Waals surface area contributed by atoms with Crippen LogP contribution in [0.15, 0.2) is 54.6 Å². The lowest BCUT2D eigenvalue weighted by Gasteiger charge is -2.37. The zero-order valence-corrected chi connectivity index (χ0v) is 39.5. The number of hydrogen-bond acceptors (Lipinski definition) is 12. The zero-order valence-electron chi connectivity index (χ0n) is 39.5. The van der Waals surface area contributed by atoms with Gasteiger partial charge in [-0.3, -0.25) is 4.90 Å². The zero-order chi connectivity index (χ0) is 46.5. The molecule has 1 N–H and O–H groups in total. The van der Waals surface area contributed by atoms with E-state index in [9.17, 15) is 19.5 Å². The second kappa shape index (κ2) is 20.0. The standard InChI is InChI=1S/C49H70N2O12/c1-31(32(2)52)17-22-38(57-30-34-18-20-37(56-13)21-19-34)42-39(58-48(9,10)60-42)16-14-15-35-27-36(28-40-41(35)43(53)61-49(11,12)59-40)51(45(55)63-47(6,7)8)29-33-23-25-50(26-24-33)44(54)62-46(3,4)5/h14-15,17-22,27-28,31-33,38-39,42,52H,16,23-26,29-30H2,1-13H3/t31-,32+,38-,39+,42-/m1/s1. The molecule has 2 aromatic carbocycles. The first kappa shape index (κ1) is 49.4. The minimum absolute atomic E-state index is 0.0332. The quantitative estimate of drug-likeness (QED) is 0.109. The lowest BCUT2D eigenvalue weighted by molar-refractivity contribution is -0.156. The highest BCUT2D eigenvalue weighted by Gasteiger charge is 2.45. The fourth-order valence-electron chi connectivity index (χ4n) is 7.53.